The van der Waals surface area contributed by atoms with Crippen LogP contribution in [-0.4, -0.2) is 63.1 Å². The average molecular weight is 230 g/mol. The van der Waals surface area contributed by atoms with E-state index in [2.05, 4.69) is 10.2 Å². The van der Waals surface area contributed by atoms with Crippen LogP contribution in [0.4, 0.5) is 0 Å². The van der Waals surface area contributed by atoms with Gasteiger partial charge in [0.05, 0.1) is 13.2 Å². The highest BCUT2D eigenvalue weighted by Gasteiger charge is 2.20. The molecule has 1 saturated heterocycles. The van der Waals surface area contributed by atoms with Gasteiger partial charge in [0.2, 0.25) is 0 Å². The summed E-state index contributed by atoms with van der Waals surface area (Å²) in [4.78, 5) is 2.49. The second kappa shape index (κ2) is 8.01. The monoisotopic (exact) mass is 230 g/mol. The second-order valence-electron chi connectivity index (χ2n) is 4.72. The molecule has 1 heterocycles. The topological polar surface area (TPSA) is 44.7 Å². The molecule has 96 valence electrons. The maximum absolute atomic E-state index is 9.09. The van der Waals surface area contributed by atoms with Crippen LogP contribution in [0.1, 0.15) is 19.3 Å². The van der Waals surface area contributed by atoms with Gasteiger partial charge in [0.25, 0.3) is 0 Å². The zero-order valence-corrected chi connectivity index (χ0v) is 10.6. The molecule has 1 aliphatic rings. The molecule has 1 rings (SSSR count). The molecule has 0 saturated carbocycles. The van der Waals surface area contributed by atoms with Gasteiger partial charge in [0.1, 0.15) is 0 Å². The lowest BCUT2D eigenvalue weighted by molar-refractivity contribution is 0.0871. The maximum Gasteiger partial charge on any atom is 0.0585 e. The quantitative estimate of drug-likeness (QED) is 0.661. The molecule has 0 bridgehead atoms. The number of ether oxygens (including phenoxy) is 1. The first-order valence-corrected chi connectivity index (χ1v) is 6.29. The van der Waals surface area contributed by atoms with Crippen LogP contribution in [0.25, 0.3) is 0 Å². The highest BCUT2D eigenvalue weighted by Crippen LogP contribution is 2.16. The van der Waals surface area contributed by atoms with E-state index in [-0.39, 0.29) is 12.6 Å². The number of likely N-dealkylation sites (tertiary alicyclic amines) is 1. The molecule has 1 fully saturated rings. The fourth-order valence-electron chi connectivity index (χ4n) is 2.39. The molecule has 2 atom stereocenters. The van der Waals surface area contributed by atoms with E-state index in [1.165, 1.54) is 19.4 Å². The van der Waals surface area contributed by atoms with Gasteiger partial charge in [-0.15, -0.1) is 0 Å². The van der Waals surface area contributed by atoms with E-state index in [9.17, 15) is 0 Å². The number of aliphatic hydroxyl groups is 1. The van der Waals surface area contributed by atoms with Crippen LogP contribution in [0.5, 0.6) is 0 Å². The third-order valence-electron chi connectivity index (χ3n) is 3.43. The van der Waals surface area contributed by atoms with Crippen LogP contribution in [0, 0.1) is 5.92 Å². The minimum absolute atomic E-state index is 0.228. The Labute approximate surface area is 99.0 Å². The summed E-state index contributed by atoms with van der Waals surface area (Å²) in [6.07, 6.45) is 3.59. The van der Waals surface area contributed by atoms with Crippen LogP contribution >= 0.6 is 0 Å². The van der Waals surface area contributed by atoms with Gasteiger partial charge in [-0.05, 0) is 45.3 Å². The van der Waals surface area contributed by atoms with Crippen LogP contribution in [0.3, 0.4) is 0 Å². The van der Waals surface area contributed by atoms with Gasteiger partial charge in [0, 0.05) is 19.7 Å². The number of nitrogens with zero attached hydrogens (tertiary/aromatic N) is 1. The molecule has 0 aromatic heterocycles. The number of aliphatic hydroxyl groups excluding tert-OH is 1. The number of hydrogen-bond donors (Lipinski definition) is 2. The summed E-state index contributed by atoms with van der Waals surface area (Å²) in [5.41, 5.74) is 0. The van der Waals surface area contributed by atoms with Gasteiger partial charge in [-0.2, -0.15) is 0 Å². The van der Waals surface area contributed by atoms with Crippen LogP contribution < -0.4 is 5.32 Å². The van der Waals surface area contributed by atoms with E-state index in [1.54, 1.807) is 7.11 Å². The molecule has 0 aliphatic carbocycles. The fourth-order valence-corrected chi connectivity index (χ4v) is 2.39. The van der Waals surface area contributed by atoms with Crippen molar-refractivity contribution < 1.29 is 9.84 Å². The summed E-state index contributed by atoms with van der Waals surface area (Å²) in [5.74, 6) is 0.695. The fraction of sp³-hybridized carbons (Fsp3) is 1.00. The number of piperidine rings is 1. The molecule has 2 unspecified atom stereocenters. The third-order valence-corrected chi connectivity index (χ3v) is 3.43. The van der Waals surface area contributed by atoms with Crippen LogP contribution in [-0.2, 0) is 4.74 Å². The molecule has 0 spiro atoms. The minimum Gasteiger partial charge on any atom is -0.395 e. The molecule has 1 aliphatic heterocycles. The minimum atomic E-state index is 0.228. The zero-order valence-electron chi connectivity index (χ0n) is 10.6. The molecule has 0 aromatic carbocycles. The molecule has 16 heavy (non-hydrogen) atoms. The molecule has 4 nitrogen and oxygen atoms in total. The van der Waals surface area contributed by atoms with E-state index < -0.39 is 0 Å². The summed E-state index contributed by atoms with van der Waals surface area (Å²) in [7, 11) is 3.69. The van der Waals surface area contributed by atoms with Crippen molar-refractivity contribution >= 4 is 0 Å². The Morgan fingerprint density at radius 3 is 3.00 bits per heavy atom. The predicted octanol–water partition coefficient (Wildman–Crippen LogP) is 0.315. The molecule has 2 N–H and O–H groups in total. The first-order valence-electron chi connectivity index (χ1n) is 6.29. The number of likely N-dealkylation sites (N-methyl/N-ethyl adjacent to an activating group) is 1. The Hall–Kier alpha value is -0.160. The summed E-state index contributed by atoms with van der Waals surface area (Å²) < 4.78 is 5.22. The van der Waals surface area contributed by atoms with E-state index in [4.69, 9.17) is 9.84 Å². The SMILES string of the molecule is CNC(CO)CCN1CCCC(COC)C1. The molecular weight excluding hydrogens is 204 g/mol. The zero-order chi connectivity index (χ0) is 11.8. The summed E-state index contributed by atoms with van der Waals surface area (Å²) in [6.45, 7) is 4.53. The maximum atomic E-state index is 9.09. The number of methoxy groups -OCH3 is 1. The van der Waals surface area contributed by atoms with Crippen molar-refractivity contribution in [1.29, 1.82) is 0 Å². The van der Waals surface area contributed by atoms with Crippen molar-refractivity contribution in [3.8, 4) is 0 Å². The van der Waals surface area contributed by atoms with E-state index in [0.717, 1.165) is 26.1 Å². The number of rotatable bonds is 7. The lowest BCUT2D eigenvalue weighted by Crippen LogP contribution is -2.40. The Balaban J connectivity index is 2.20. The summed E-state index contributed by atoms with van der Waals surface area (Å²) in [6, 6.07) is 0.239. The highest BCUT2D eigenvalue weighted by molar-refractivity contribution is 4.74. The normalized spacial score (nSPS) is 24.6. The third kappa shape index (κ3) is 4.78. The van der Waals surface area contributed by atoms with Gasteiger partial charge < -0.3 is 20.1 Å². The van der Waals surface area contributed by atoms with Gasteiger partial charge in [-0.1, -0.05) is 0 Å². The van der Waals surface area contributed by atoms with Crippen molar-refractivity contribution in [2.45, 2.75) is 25.3 Å². The first kappa shape index (κ1) is 13.9. The lowest BCUT2D eigenvalue weighted by Gasteiger charge is -2.33. The Morgan fingerprint density at radius 2 is 2.38 bits per heavy atom. The number of nitrogens with one attached hydrogen (secondary N) is 1. The van der Waals surface area contributed by atoms with Crippen molar-refractivity contribution in [3.63, 3.8) is 0 Å². The standard InChI is InChI=1S/C12H26N2O2/c1-13-12(9-15)5-7-14-6-3-4-11(8-14)10-16-2/h11-13,15H,3-10H2,1-2H3. The van der Waals surface area contributed by atoms with Gasteiger partial charge in [-0.3, -0.25) is 0 Å². The smallest absolute Gasteiger partial charge is 0.0585 e. The van der Waals surface area contributed by atoms with E-state index in [0.29, 0.717) is 5.92 Å². The number of hydrogen-bond acceptors (Lipinski definition) is 4. The Bertz CT molecular complexity index is 172. The predicted molar refractivity (Wildman–Crippen MR) is 65.6 cm³/mol. The molecular formula is C12H26N2O2. The molecule has 0 amide bonds. The second-order valence-corrected chi connectivity index (χ2v) is 4.72. The first-order chi connectivity index (χ1) is 7.80. The average Bonchev–Trinajstić information content (AvgIpc) is 2.31. The van der Waals surface area contributed by atoms with Crippen molar-refractivity contribution in [2.24, 2.45) is 5.92 Å². The van der Waals surface area contributed by atoms with E-state index >= 15 is 0 Å². The van der Waals surface area contributed by atoms with Crippen molar-refractivity contribution in [1.82, 2.24) is 10.2 Å². The molecule has 4 heteroatoms. The van der Waals surface area contributed by atoms with Crippen molar-refractivity contribution in [2.75, 3.05) is 47.0 Å². The van der Waals surface area contributed by atoms with Gasteiger partial charge in [-0.25, -0.2) is 0 Å². The molecule has 0 radical (unpaired) electrons. The Morgan fingerprint density at radius 1 is 1.56 bits per heavy atom. The van der Waals surface area contributed by atoms with Crippen molar-refractivity contribution in [3.05, 3.63) is 0 Å². The van der Waals surface area contributed by atoms with Crippen LogP contribution in [0.2, 0.25) is 0 Å². The van der Waals surface area contributed by atoms with E-state index in [1.807, 2.05) is 7.05 Å². The van der Waals surface area contributed by atoms with Gasteiger partial charge in [0.15, 0.2) is 0 Å². The Kier molecular flexibility index (Phi) is 6.96. The lowest BCUT2D eigenvalue weighted by atomic mass is 9.98. The van der Waals surface area contributed by atoms with Gasteiger partial charge >= 0.3 is 0 Å². The largest absolute Gasteiger partial charge is 0.395 e. The summed E-state index contributed by atoms with van der Waals surface area (Å²) in [5, 5.41) is 12.2. The molecule has 0 aromatic rings. The highest BCUT2D eigenvalue weighted by atomic mass is 16.5. The van der Waals surface area contributed by atoms with Crippen LogP contribution in [0.15, 0.2) is 0 Å². The summed E-state index contributed by atoms with van der Waals surface area (Å²) >= 11 is 0.